The third-order valence-corrected chi connectivity index (χ3v) is 5.40. The Hall–Kier alpha value is -3.16. The fourth-order valence-electron chi connectivity index (χ4n) is 3.97. The second kappa shape index (κ2) is 8.69. The number of fused-ring (bicyclic) bond motifs is 1. The predicted octanol–water partition coefficient (Wildman–Crippen LogP) is 2.94. The van der Waals surface area contributed by atoms with Gasteiger partial charge in [0, 0.05) is 38.4 Å². The molecule has 0 aliphatic carbocycles. The van der Waals surface area contributed by atoms with Crippen LogP contribution in [0, 0.1) is 0 Å². The Morgan fingerprint density at radius 3 is 2.70 bits per heavy atom. The molecule has 1 fully saturated rings. The monoisotopic (exact) mass is 409 g/mol. The van der Waals surface area contributed by atoms with Crippen LogP contribution >= 0.6 is 0 Å². The van der Waals surface area contributed by atoms with Crippen molar-refractivity contribution in [3.05, 3.63) is 42.4 Å². The summed E-state index contributed by atoms with van der Waals surface area (Å²) in [6, 6.07) is 7.35. The molecule has 8 heteroatoms. The van der Waals surface area contributed by atoms with Crippen LogP contribution in [0.15, 0.2) is 36.7 Å². The van der Waals surface area contributed by atoms with Gasteiger partial charge >= 0.3 is 0 Å². The van der Waals surface area contributed by atoms with Crippen LogP contribution in [0.5, 0.6) is 11.5 Å². The lowest BCUT2D eigenvalue weighted by Gasteiger charge is -2.33. The van der Waals surface area contributed by atoms with E-state index in [1.807, 2.05) is 43.1 Å². The van der Waals surface area contributed by atoms with Gasteiger partial charge in [0.2, 0.25) is 0 Å². The van der Waals surface area contributed by atoms with Crippen molar-refractivity contribution >= 4 is 17.1 Å². The lowest BCUT2D eigenvalue weighted by Crippen LogP contribution is -2.45. The maximum absolute atomic E-state index is 13.0. The van der Waals surface area contributed by atoms with Gasteiger partial charge in [-0.15, -0.1) is 0 Å². The van der Waals surface area contributed by atoms with E-state index < -0.39 is 6.10 Å². The second-order valence-electron chi connectivity index (χ2n) is 7.53. The molecule has 1 amide bonds. The smallest absolute Gasteiger partial charge is 0.263 e. The van der Waals surface area contributed by atoms with Gasteiger partial charge in [-0.05, 0) is 51.0 Å². The molecule has 0 bridgehead atoms. The van der Waals surface area contributed by atoms with Gasteiger partial charge < -0.3 is 14.4 Å². The van der Waals surface area contributed by atoms with Gasteiger partial charge in [0.25, 0.3) is 5.91 Å². The minimum Gasteiger partial charge on any atom is -0.494 e. The summed E-state index contributed by atoms with van der Waals surface area (Å²) in [6.45, 7) is 5.69. The molecule has 1 aliphatic rings. The molecule has 2 aromatic heterocycles. The van der Waals surface area contributed by atoms with Gasteiger partial charge in [-0.3, -0.25) is 4.79 Å². The molecule has 1 saturated heterocycles. The summed E-state index contributed by atoms with van der Waals surface area (Å²) < 4.78 is 13.1. The van der Waals surface area contributed by atoms with E-state index in [9.17, 15) is 4.79 Å². The van der Waals surface area contributed by atoms with Crippen LogP contribution in [0.1, 0.15) is 38.3 Å². The number of likely N-dealkylation sites (tertiary alicyclic amines) is 1. The van der Waals surface area contributed by atoms with Gasteiger partial charge in [0.1, 0.15) is 17.0 Å². The van der Waals surface area contributed by atoms with Crippen molar-refractivity contribution in [1.82, 2.24) is 24.6 Å². The van der Waals surface area contributed by atoms with E-state index in [4.69, 9.17) is 9.47 Å². The number of aromatic nitrogens is 4. The van der Waals surface area contributed by atoms with E-state index in [0.717, 1.165) is 42.0 Å². The third kappa shape index (κ3) is 4.08. The maximum Gasteiger partial charge on any atom is 0.263 e. The fourth-order valence-corrected chi connectivity index (χ4v) is 3.97. The zero-order valence-electron chi connectivity index (χ0n) is 17.6. The highest BCUT2D eigenvalue weighted by Crippen LogP contribution is 2.30. The number of hydrogen-bond donors (Lipinski definition) is 0. The third-order valence-electron chi connectivity index (χ3n) is 5.40. The number of piperidine rings is 1. The second-order valence-corrected chi connectivity index (χ2v) is 7.53. The van der Waals surface area contributed by atoms with Crippen LogP contribution in [0.25, 0.3) is 11.2 Å². The van der Waals surface area contributed by atoms with Gasteiger partial charge in [-0.25, -0.2) is 14.6 Å². The lowest BCUT2D eigenvalue weighted by molar-refractivity contribution is -0.139. The Balaban J connectivity index is 1.44. The molecular weight excluding hydrogens is 382 g/mol. The van der Waals surface area contributed by atoms with Gasteiger partial charge in [0.15, 0.2) is 11.8 Å². The fraction of sp³-hybridized carbons (Fsp3) is 0.455. The number of carbonyl (C=O) groups is 1. The summed E-state index contributed by atoms with van der Waals surface area (Å²) in [7, 11) is 1.87. The Bertz CT molecular complexity index is 1020. The Labute approximate surface area is 175 Å². The highest BCUT2D eigenvalue weighted by molar-refractivity contribution is 5.81. The Morgan fingerprint density at radius 2 is 1.93 bits per heavy atom. The van der Waals surface area contributed by atoms with Crippen LogP contribution < -0.4 is 9.47 Å². The van der Waals surface area contributed by atoms with Crippen LogP contribution in [0.2, 0.25) is 0 Å². The van der Waals surface area contributed by atoms with E-state index in [1.165, 1.54) is 0 Å². The van der Waals surface area contributed by atoms with Crippen molar-refractivity contribution in [3.63, 3.8) is 0 Å². The average Bonchev–Trinajstić information content (AvgIpc) is 3.12. The minimum absolute atomic E-state index is 0.0140. The molecule has 1 aliphatic heterocycles. The first-order valence-corrected chi connectivity index (χ1v) is 10.4. The summed E-state index contributed by atoms with van der Waals surface area (Å²) in [5.74, 6) is 1.56. The molecule has 3 aromatic rings. The van der Waals surface area contributed by atoms with E-state index >= 15 is 0 Å². The maximum atomic E-state index is 13.0. The topological polar surface area (TPSA) is 82.4 Å². The number of carbonyl (C=O) groups excluding carboxylic acids is 1. The first-order chi connectivity index (χ1) is 14.6. The molecule has 2 atom stereocenters. The quantitative estimate of drug-likeness (QED) is 0.623. The number of nitrogens with zero attached hydrogens (tertiary/aromatic N) is 5. The minimum atomic E-state index is -0.568. The van der Waals surface area contributed by atoms with Gasteiger partial charge in [0.05, 0.1) is 12.3 Å². The summed E-state index contributed by atoms with van der Waals surface area (Å²) in [5.41, 5.74) is 2.50. The molecular formula is C22H27N5O3. The number of amides is 1. The number of hydrogen-bond acceptors (Lipinski definition) is 6. The summed E-state index contributed by atoms with van der Waals surface area (Å²) in [6.07, 6.45) is 4.68. The molecule has 4 rings (SSSR count). The van der Waals surface area contributed by atoms with Crippen LogP contribution in [0.4, 0.5) is 0 Å². The van der Waals surface area contributed by atoms with Crippen molar-refractivity contribution in [1.29, 1.82) is 0 Å². The van der Waals surface area contributed by atoms with Gasteiger partial charge in [-0.1, -0.05) is 0 Å². The predicted molar refractivity (Wildman–Crippen MR) is 113 cm³/mol. The standard InChI is InChI=1S/C22H27N5O3/c1-4-29-17-7-9-18(10-8-17)30-15(2)22(28)27-13-5-6-16(14-27)19-20-21(26(3)25-19)24-12-11-23-20/h7-12,15-16H,4-6,13-14H2,1-3H3. The molecule has 158 valence electrons. The molecule has 1 aromatic carbocycles. The highest BCUT2D eigenvalue weighted by atomic mass is 16.5. The molecule has 0 N–H and O–H groups in total. The molecule has 30 heavy (non-hydrogen) atoms. The van der Waals surface area contributed by atoms with E-state index in [0.29, 0.717) is 18.9 Å². The lowest BCUT2D eigenvalue weighted by atomic mass is 9.94. The summed E-state index contributed by atoms with van der Waals surface area (Å²) in [5, 5.41) is 4.65. The van der Waals surface area contributed by atoms with E-state index in [1.54, 1.807) is 24.0 Å². The number of benzene rings is 1. The van der Waals surface area contributed by atoms with Crippen molar-refractivity contribution in [2.24, 2.45) is 7.05 Å². The highest BCUT2D eigenvalue weighted by Gasteiger charge is 2.31. The number of aryl methyl sites for hydroxylation is 1. The van der Waals surface area contributed by atoms with Gasteiger partial charge in [-0.2, -0.15) is 5.10 Å². The first-order valence-electron chi connectivity index (χ1n) is 10.4. The van der Waals surface area contributed by atoms with Crippen LogP contribution in [-0.4, -0.2) is 56.4 Å². The molecule has 8 nitrogen and oxygen atoms in total. The van der Waals surface area contributed by atoms with E-state index in [2.05, 4.69) is 15.1 Å². The Morgan fingerprint density at radius 1 is 1.20 bits per heavy atom. The average molecular weight is 409 g/mol. The van der Waals surface area contributed by atoms with E-state index in [-0.39, 0.29) is 11.8 Å². The van der Waals surface area contributed by atoms with Crippen LogP contribution in [0.3, 0.4) is 0 Å². The number of rotatable bonds is 6. The molecule has 0 saturated carbocycles. The molecule has 2 unspecified atom stereocenters. The van der Waals surface area contributed by atoms with Crippen LogP contribution in [-0.2, 0) is 11.8 Å². The van der Waals surface area contributed by atoms with Crippen molar-refractivity contribution < 1.29 is 14.3 Å². The Kier molecular flexibility index (Phi) is 5.83. The van der Waals surface area contributed by atoms with Crippen molar-refractivity contribution in [2.45, 2.75) is 38.7 Å². The largest absolute Gasteiger partial charge is 0.494 e. The zero-order valence-corrected chi connectivity index (χ0v) is 17.6. The number of ether oxygens (including phenoxy) is 2. The molecule has 0 spiro atoms. The molecule has 0 radical (unpaired) electrons. The molecule has 3 heterocycles. The zero-order chi connectivity index (χ0) is 21.1. The summed E-state index contributed by atoms with van der Waals surface area (Å²) in [4.78, 5) is 23.8. The first kappa shape index (κ1) is 20.1. The SMILES string of the molecule is CCOc1ccc(OC(C)C(=O)N2CCCC(c3nn(C)c4nccnc34)C2)cc1. The van der Waals surface area contributed by atoms with Crippen molar-refractivity contribution in [2.75, 3.05) is 19.7 Å². The normalized spacial score (nSPS) is 17.7. The summed E-state index contributed by atoms with van der Waals surface area (Å²) >= 11 is 0. The van der Waals surface area contributed by atoms with Crippen molar-refractivity contribution in [3.8, 4) is 11.5 Å².